The van der Waals surface area contributed by atoms with Crippen molar-refractivity contribution in [2.75, 3.05) is 0 Å². The topological polar surface area (TPSA) is 88.4 Å². The van der Waals surface area contributed by atoms with Gasteiger partial charge in [0.2, 0.25) is 0 Å². The lowest BCUT2D eigenvalue weighted by Gasteiger charge is -2.11. The van der Waals surface area contributed by atoms with Gasteiger partial charge in [0.05, 0.1) is 15.8 Å². The van der Waals surface area contributed by atoms with Gasteiger partial charge in [-0.2, -0.15) is 0 Å². The molecule has 2 heterocycles. The quantitative estimate of drug-likeness (QED) is 0.507. The molecule has 4 rings (SSSR count). The molecule has 2 aromatic carbocycles. The van der Waals surface area contributed by atoms with Gasteiger partial charge in [0.1, 0.15) is 5.76 Å². The van der Waals surface area contributed by atoms with Crippen LogP contribution in [0.1, 0.15) is 25.6 Å². The molecular weight excluding hydrogens is 388 g/mol. The molecule has 4 aromatic rings. The fourth-order valence-electron chi connectivity index (χ4n) is 3.00. The van der Waals surface area contributed by atoms with Crippen molar-refractivity contribution in [3.63, 3.8) is 0 Å². The molecule has 29 heavy (non-hydrogen) atoms. The van der Waals surface area contributed by atoms with Crippen molar-refractivity contribution in [1.82, 2.24) is 10.9 Å². The Bertz CT molecular complexity index is 1260. The molecule has 7 heteroatoms. The highest BCUT2D eigenvalue weighted by Crippen LogP contribution is 2.27. The Balaban J connectivity index is 1.73. The fourth-order valence-corrected chi connectivity index (χ4v) is 3.62. The number of nitrogens with one attached hydrogen (secondary N) is 2. The molecule has 144 valence electrons. The van der Waals surface area contributed by atoms with E-state index in [0.29, 0.717) is 21.6 Å². The Morgan fingerprint density at radius 1 is 0.897 bits per heavy atom. The second-order valence-corrected chi connectivity index (χ2v) is 7.27. The summed E-state index contributed by atoms with van der Waals surface area (Å²) in [4.78, 5) is 38.1. The van der Waals surface area contributed by atoms with E-state index in [1.807, 2.05) is 30.3 Å². The minimum Gasteiger partial charge on any atom is -0.455 e. The number of rotatable bonds is 3. The summed E-state index contributed by atoms with van der Waals surface area (Å²) >= 11 is 1.26. The molecule has 0 fully saturated rings. The number of thiophene rings is 1. The number of hydrazine groups is 1. The molecule has 6 nitrogen and oxygen atoms in total. The molecule has 2 amide bonds. The molecule has 0 unspecified atom stereocenters. The number of hydrogen-bond donors (Lipinski definition) is 2. The van der Waals surface area contributed by atoms with Gasteiger partial charge in [-0.25, -0.2) is 0 Å². The lowest BCUT2D eigenvalue weighted by atomic mass is 10.0. The first kappa shape index (κ1) is 18.6. The number of carbonyl (C=O) groups is 2. The lowest BCUT2D eigenvalue weighted by molar-refractivity contribution is 0.0849. The predicted octanol–water partition coefficient (Wildman–Crippen LogP) is 3.90. The molecule has 0 atom stereocenters. The van der Waals surface area contributed by atoms with Crippen LogP contribution >= 0.6 is 11.3 Å². The Morgan fingerprint density at radius 3 is 2.38 bits per heavy atom. The van der Waals surface area contributed by atoms with E-state index >= 15 is 0 Å². The summed E-state index contributed by atoms with van der Waals surface area (Å²) < 4.78 is 6.02. The first-order valence-corrected chi connectivity index (χ1v) is 9.70. The minimum absolute atomic E-state index is 0.156. The summed E-state index contributed by atoms with van der Waals surface area (Å²) in [6, 6.07) is 17.4. The monoisotopic (exact) mass is 404 g/mol. The Hall–Kier alpha value is -3.71. The Labute approximate surface area is 169 Å². The standard InChI is InChI=1S/C22H16N2O4S/c1-13-18(25)15-9-5-10-16(20(15)28-19(13)14-7-3-2-4-8-14)21(26)23-24-22(27)17-11-6-12-29-17/h2-12H,1H3,(H,23,26)(H,24,27). The highest BCUT2D eigenvalue weighted by molar-refractivity contribution is 7.12. The predicted molar refractivity (Wildman–Crippen MR) is 112 cm³/mol. The number of hydrogen-bond acceptors (Lipinski definition) is 5. The van der Waals surface area contributed by atoms with Gasteiger partial charge in [-0.3, -0.25) is 25.2 Å². The van der Waals surface area contributed by atoms with Crippen LogP contribution in [0.2, 0.25) is 0 Å². The molecule has 2 N–H and O–H groups in total. The van der Waals surface area contributed by atoms with Crippen molar-refractivity contribution in [2.45, 2.75) is 6.92 Å². The van der Waals surface area contributed by atoms with E-state index < -0.39 is 11.8 Å². The van der Waals surface area contributed by atoms with Gasteiger partial charge < -0.3 is 4.42 Å². The number of carbonyl (C=O) groups excluding carboxylic acids is 2. The highest BCUT2D eigenvalue weighted by atomic mass is 32.1. The summed E-state index contributed by atoms with van der Waals surface area (Å²) in [7, 11) is 0. The van der Waals surface area contributed by atoms with Crippen molar-refractivity contribution >= 4 is 34.1 Å². The van der Waals surface area contributed by atoms with Gasteiger partial charge in [-0.1, -0.05) is 42.5 Å². The third-order valence-electron chi connectivity index (χ3n) is 4.46. The van der Waals surface area contributed by atoms with Crippen LogP contribution in [0.15, 0.2) is 75.3 Å². The lowest BCUT2D eigenvalue weighted by Crippen LogP contribution is -2.41. The van der Waals surface area contributed by atoms with E-state index in [0.717, 1.165) is 5.56 Å². The smallest absolute Gasteiger partial charge is 0.279 e. The second kappa shape index (κ2) is 7.73. The highest BCUT2D eigenvalue weighted by Gasteiger charge is 2.19. The number of para-hydroxylation sites is 1. The van der Waals surface area contributed by atoms with Crippen molar-refractivity contribution < 1.29 is 14.0 Å². The summed E-state index contributed by atoms with van der Waals surface area (Å²) in [6.07, 6.45) is 0. The molecule has 0 radical (unpaired) electrons. The van der Waals surface area contributed by atoms with E-state index in [1.54, 1.807) is 42.6 Å². The number of fused-ring (bicyclic) bond motifs is 1. The molecular formula is C22H16N2O4S. The zero-order valence-electron chi connectivity index (χ0n) is 15.4. The van der Waals surface area contributed by atoms with Gasteiger partial charge in [0.15, 0.2) is 11.0 Å². The molecule has 0 saturated carbocycles. The van der Waals surface area contributed by atoms with Crippen LogP contribution in [0, 0.1) is 6.92 Å². The average Bonchev–Trinajstić information content (AvgIpc) is 3.29. The molecule has 0 spiro atoms. The van der Waals surface area contributed by atoms with E-state index in [-0.39, 0.29) is 16.6 Å². The van der Waals surface area contributed by atoms with Gasteiger partial charge in [-0.15, -0.1) is 11.3 Å². The summed E-state index contributed by atoms with van der Waals surface area (Å²) in [5.41, 5.74) is 6.08. The number of amides is 2. The van der Waals surface area contributed by atoms with Crippen LogP contribution in [0.3, 0.4) is 0 Å². The molecule has 0 aliphatic heterocycles. The van der Waals surface area contributed by atoms with Crippen molar-refractivity contribution in [3.8, 4) is 11.3 Å². The first-order chi connectivity index (χ1) is 14.1. The maximum absolute atomic E-state index is 12.9. The maximum Gasteiger partial charge on any atom is 0.279 e. The van der Waals surface area contributed by atoms with Crippen LogP contribution in [-0.2, 0) is 0 Å². The van der Waals surface area contributed by atoms with Gasteiger partial charge in [-0.05, 0) is 30.5 Å². The Kier molecular flexibility index (Phi) is 4.97. The first-order valence-electron chi connectivity index (χ1n) is 8.82. The zero-order chi connectivity index (χ0) is 20.4. The zero-order valence-corrected chi connectivity index (χ0v) is 16.2. The van der Waals surface area contributed by atoms with Crippen LogP contribution in [0.25, 0.3) is 22.3 Å². The maximum atomic E-state index is 12.9. The van der Waals surface area contributed by atoms with Gasteiger partial charge >= 0.3 is 0 Å². The molecule has 2 aromatic heterocycles. The summed E-state index contributed by atoms with van der Waals surface area (Å²) in [6.45, 7) is 1.70. The van der Waals surface area contributed by atoms with Crippen LogP contribution in [-0.4, -0.2) is 11.8 Å². The third-order valence-corrected chi connectivity index (χ3v) is 5.33. The number of benzene rings is 2. The van der Waals surface area contributed by atoms with Gasteiger partial charge in [0.25, 0.3) is 11.8 Å². The van der Waals surface area contributed by atoms with Crippen LogP contribution in [0.4, 0.5) is 0 Å². The normalized spacial score (nSPS) is 10.7. The SMILES string of the molecule is Cc1c(-c2ccccc2)oc2c(C(=O)NNC(=O)c3cccs3)cccc2c1=O. The van der Waals surface area contributed by atoms with Crippen molar-refractivity contribution in [1.29, 1.82) is 0 Å². The average molecular weight is 404 g/mol. The molecule has 0 bridgehead atoms. The Morgan fingerprint density at radius 2 is 1.66 bits per heavy atom. The van der Waals surface area contributed by atoms with Crippen LogP contribution < -0.4 is 16.3 Å². The third kappa shape index (κ3) is 3.55. The van der Waals surface area contributed by atoms with Crippen molar-refractivity contribution in [3.05, 3.63) is 92.3 Å². The van der Waals surface area contributed by atoms with E-state index in [2.05, 4.69) is 10.9 Å². The molecule has 0 saturated heterocycles. The minimum atomic E-state index is -0.577. The fraction of sp³-hybridized carbons (Fsp3) is 0.0455. The summed E-state index contributed by atoms with van der Waals surface area (Å²) in [5, 5.41) is 2.07. The molecule has 0 aliphatic rings. The van der Waals surface area contributed by atoms with E-state index in [1.165, 1.54) is 11.3 Å². The van der Waals surface area contributed by atoms with E-state index in [4.69, 9.17) is 4.42 Å². The van der Waals surface area contributed by atoms with E-state index in [9.17, 15) is 14.4 Å². The van der Waals surface area contributed by atoms with Crippen LogP contribution in [0.5, 0.6) is 0 Å². The molecule has 0 aliphatic carbocycles. The van der Waals surface area contributed by atoms with Gasteiger partial charge in [0, 0.05) is 11.1 Å². The second-order valence-electron chi connectivity index (χ2n) is 6.32. The largest absolute Gasteiger partial charge is 0.455 e. The van der Waals surface area contributed by atoms with Crippen molar-refractivity contribution in [2.24, 2.45) is 0 Å². The summed E-state index contributed by atoms with van der Waals surface area (Å²) in [5.74, 6) is -0.589.